The van der Waals surface area contributed by atoms with Gasteiger partial charge >= 0.3 is 0 Å². The first-order chi connectivity index (χ1) is 2.27. The normalized spacial score (nSPS) is 9.40. The molecule has 0 aliphatic carbocycles. The van der Waals surface area contributed by atoms with Gasteiger partial charge in [0, 0.05) is 0 Å². The summed E-state index contributed by atoms with van der Waals surface area (Å²) >= 11 is 0. The highest BCUT2D eigenvalue weighted by Gasteiger charge is 1.72. The van der Waals surface area contributed by atoms with Gasteiger partial charge in [0.2, 0.25) is 0 Å². The van der Waals surface area contributed by atoms with Gasteiger partial charge in [-0.2, -0.15) is 0 Å². The number of hydrogen-bond acceptors (Lipinski definition) is 1. The molecule has 0 rings (SSSR count). The van der Waals surface area contributed by atoms with Crippen molar-refractivity contribution in [2.75, 3.05) is 13.6 Å². The molecule has 0 amide bonds. The van der Waals surface area contributed by atoms with E-state index in [1.807, 2.05) is 0 Å². The van der Waals surface area contributed by atoms with E-state index in [0.717, 1.165) is 6.54 Å². The molecule has 0 radical (unpaired) electrons. The van der Waals surface area contributed by atoms with Gasteiger partial charge in [-0.25, -0.2) is 0 Å². The summed E-state index contributed by atoms with van der Waals surface area (Å²) in [6, 6.07) is 0. The lowest BCUT2D eigenvalue weighted by Gasteiger charge is -2.00. The molecule has 0 aromatic carbocycles. The lowest BCUT2D eigenvalue weighted by Crippen LogP contribution is -2.11. The zero-order chi connectivity index (χ0) is 4.28. The molecule has 30 valence electrons. The molecule has 0 unspecified atom stereocenters. The van der Waals surface area contributed by atoms with Crippen LogP contribution in [0.15, 0.2) is 0 Å². The predicted octanol–water partition coefficient (Wildman–Crippen LogP) is -0.514. The largest absolute Gasteiger partial charge is 0.352 e. The number of nitrogens with zero attached hydrogens (tertiary/aromatic N) is 1. The molecule has 1 nitrogen and oxygen atoms in total. The molecule has 0 heterocycles. The van der Waals surface area contributed by atoms with Crippen molar-refractivity contribution in [2.24, 2.45) is 0 Å². The van der Waals surface area contributed by atoms with E-state index in [1.54, 1.807) is 0 Å². The van der Waals surface area contributed by atoms with Crippen LogP contribution in [0, 0.1) is 0 Å². The van der Waals surface area contributed by atoms with Crippen LogP contribution in [0.3, 0.4) is 0 Å². The third-order valence-electron chi connectivity index (χ3n) is 0.632. The molecule has 0 fully saturated rings. The van der Waals surface area contributed by atoms with Gasteiger partial charge in [0.1, 0.15) is 0 Å². The molecule has 0 saturated carbocycles. The molecule has 0 aromatic rings. The van der Waals surface area contributed by atoms with Crippen LogP contribution >= 0.6 is 0 Å². The van der Waals surface area contributed by atoms with Gasteiger partial charge < -0.3 is 4.81 Å². The highest BCUT2D eigenvalue weighted by atomic mass is 15.0. The van der Waals surface area contributed by atoms with Crippen LogP contribution in [0.4, 0.5) is 0 Å². The Kier molecular flexibility index (Phi) is 2.28. The minimum atomic E-state index is 1.14. The Balaban J connectivity index is 2.54. The fourth-order valence-electron chi connectivity index (χ4n) is 0. The van der Waals surface area contributed by atoms with Crippen molar-refractivity contribution >= 4 is 7.98 Å². The maximum Gasteiger partial charge on any atom is 0.185 e. The smallest absolute Gasteiger partial charge is 0.185 e. The second-order valence-electron chi connectivity index (χ2n) is 1.40. The van der Waals surface area contributed by atoms with E-state index in [2.05, 4.69) is 26.8 Å². The minimum Gasteiger partial charge on any atom is -0.352 e. The monoisotopic (exact) mass is 71.1 g/mol. The average molecular weight is 70.9 g/mol. The first-order valence-corrected chi connectivity index (χ1v) is 1.92. The van der Waals surface area contributed by atoms with Gasteiger partial charge in [0.15, 0.2) is 7.98 Å². The highest BCUT2D eigenvalue weighted by molar-refractivity contribution is 6.04. The van der Waals surface area contributed by atoms with Gasteiger partial charge in [-0.15, -0.1) is 0 Å². The first-order valence-electron chi connectivity index (χ1n) is 1.92. The van der Waals surface area contributed by atoms with Crippen molar-refractivity contribution in [3.8, 4) is 0 Å². The summed E-state index contributed by atoms with van der Waals surface area (Å²) in [5.74, 6) is 0. The molecule has 0 atom stereocenters. The van der Waals surface area contributed by atoms with Crippen molar-refractivity contribution in [3.05, 3.63) is 0 Å². The quantitative estimate of drug-likeness (QED) is 0.376. The van der Waals surface area contributed by atoms with Crippen molar-refractivity contribution in [1.82, 2.24) is 4.81 Å². The van der Waals surface area contributed by atoms with Gasteiger partial charge in [0.25, 0.3) is 0 Å². The van der Waals surface area contributed by atoms with Gasteiger partial charge in [-0.1, -0.05) is 6.92 Å². The Morgan fingerprint density at radius 3 is 2.00 bits per heavy atom. The van der Waals surface area contributed by atoms with E-state index in [4.69, 9.17) is 0 Å². The summed E-state index contributed by atoms with van der Waals surface area (Å²) < 4.78 is 0. The number of hydrogen-bond donors (Lipinski definition) is 0. The average Bonchev–Trinajstić information content (AvgIpc) is 1.38. The Morgan fingerprint density at radius 1 is 1.80 bits per heavy atom. The zero-order valence-electron chi connectivity index (χ0n) is 4.15. The van der Waals surface area contributed by atoms with Crippen LogP contribution in [0.25, 0.3) is 0 Å². The summed E-state index contributed by atoms with van der Waals surface area (Å²) in [5, 5.41) is 0. The summed E-state index contributed by atoms with van der Waals surface area (Å²) in [6.07, 6.45) is 0. The van der Waals surface area contributed by atoms with Crippen LogP contribution in [0.5, 0.6) is 0 Å². The highest BCUT2D eigenvalue weighted by Crippen LogP contribution is 1.62. The van der Waals surface area contributed by atoms with Crippen LogP contribution in [0.2, 0.25) is 0 Å². The van der Waals surface area contributed by atoms with Crippen LogP contribution in [-0.4, -0.2) is 26.4 Å². The van der Waals surface area contributed by atoms with Gasteiger partial charge in [0.05, 0.1) is 0 Å². The van der Waals surface area contributed by atoms with Crippen LogP contribution in [0.1, 0.15) is 6.92 Å². The van der Waals surface area contributed by atoms with E-state index in [0.29, 0.717) is 0 Å². The molecule has 0 aromatic heterocycles. The fourth-order valence-corrected chi connectivity index (χ4v) is 0. The molecule has 0 N–H and O–H groups in total. The molecule has 0 aliphatic rings. The molecule has 0 bridgehead atoms. The zero-order valence-corrected chi connectivity index (χ0v) is 4.15. The third-order valence-corrected chi connectivity index (χ3v) is 0.632. The predicted molar refractivity (Wildman–Crippen MR) is 26.8 cm³/mol. The Hall–Kier alpha value is 0.0249. The van der Waals surface area contributed by atoms with Gasteiger partial charge in [-0.3, -0.25) is 0 Å². The SMILES string of the molecule is BN(C)CC. The Bertz CT molecular complexity index is 20.9. The number of rotatable bonds is 1. The second-order valence-corrected chi connectivity index (χ2v) is 1.40. The lowest BCUT2D eigenvalue weighted by molar-refractivity contribution is 0.581. The Morgan fingerprint density at radius 2 is 2.00 bits per heavy atom. The van der Waals surface area contributed by atoms with Crippen LogP contribution in [-0.2, 0) is 0 Å². The maximum absolute atomic E-state index is 2.12. The lowest BCUT2D eigenvalue weighted by atomic mass is 10.3. The summed E-state index contributed by atoms with van der Waals surface area (Å²) in [5.41, 5.74) is 0. The standard InChI is InChI=1S/C3H10BN/c1-3-5(2)4/h3-4H2,1-2H3. The molecule has 0 aliphatic heterocycles. The minimum absolute atomic E-state index is 1.14. The van der Waals surface area contributed by atoms with Crippen molar-refractivity contribution in [2.45, 2.75) is 6.92 Å². The third kappa shape index (κ3) is 4.02. The summed E-state index contributed by atoms with van der Waals surface area (Å²) in [6.45, 7) is 3.26. The molecule has 2 heteroatoms. The van der Waals surface area contributed by atoms with E-state index in [9.17, 15) is 0 Å². The van der Waals surface area contributed by atoms with Crippen molar-refractivity contribution in [1.29, 1.82) is 0 Å². The molecule has 5 heavy (non-hydrogen) atoms. The van der Waals surface area contributed by atoms with Gasteiger partial charge in [-0.05, 0) is 13.6 Å². The summed E-state index contributed by atoms with van der Waals surface area (Å²) in [4.78, 5) is 2.12. The maximum atomic E-state index is 2.12. The molecular weight excluding hydrogens is 60.9 g/mol. The van der Waals surface area contributed by atoms with E-state index in [1.165, 1.54) is 0 Å². The second kappa shape index (κ2) is 2.27. The van der Waals surface area contributed by atoms with E-state index in [-0.39, 0.29) is 0 Å². The van der Waals surface area contributed by atoms with Crippen molar-refractivity contribution in [3.63, 3.8) is 0 Å². The van der Waals surface area contributed by atoms with E-state index >= 15 is 0 Å². The topological polar surface area (TPSA) is 3.24 Å². The molecule has 0 saturated heterocycles. The Labute approximate surface area is 34.4 Å². The van der Waals surface area contributed by atoms with E-state index < -0.39 is 0 Å². The van der Waals surface area contributed by atoms with Crippen molar-refractivity contribution < 1.29 is 0 Å². The fraction of sp³-hybridized carbons (Fsp3) is 1.00. The first kappa shape index (κ1) is 5.02. The summed E-state index contributed by atoms with van der Waals surface area (Å²) in [7, 11) is 4.11. The molecule has 0 spiro atoms. The van der Waals surface area contributed by atoms with Crippen LogP contribution < -0.4 is 0 Å². The molecular formula is C3H10BN.